The molecular formula is C17H16N2O3. The van der Waals surface area contributed by atoms with Gasteiger partial charge < -0.3 is 10.3 Å². The van der Waals surface area contributed by atoms with Gasteiger partial charge in [-0.15, -0.1) is 0 Å². The Balaban J connectivity index is 1.82. The maximum atomic E-state index is 12.4. The van der Waals surface area contributed by atoms with E-state index in [0.717, 1.165) is 18.5 Å². The van der Waals surface area contributed by atoms with Gasteiger partial charge in [0.25, 0.3) is 5.91 Å². The van der Waals surface area contributed by atoms with E-state index in [4.69, 9.17) is 0 Å². The van der Waals surface area contributed by atoms with E-state index in [9.17, 15) is 14.4 Å². The van der Waals surface area contributed by atoms with Crippen molar-refractivity contribution in [2.75, 3.05) is 5.32 Å². The molecule has 112 valence electrons. The third-order valence-corrected chi connectivity index (χ3v) is 3.87. The lowest BCUT2D eigenvalue weighted by atomic mass is 9.93. The number of carbonyl (C=O) groups is 3. The summed E-state index contributed by atoms with van der Waals surface area (Å²) in [7, 11) is 0. The van der Waals surface area contributed by atoms with Crippen LogP contribution in [0.25, 0.3) is 0 Å². The first-order chi connectivity index (χ1) is 10.6. The standard InChI is InChI=1S/C17H16N2O3/c1-10(20)11-5-7-12(8-6-11)19-17(22)13-9-18-14-3-2-4-15(21)16(13)14/h5-9,18H,2-4H2,1H3,(H,19,22). The second-order valence-corrected chi connectivity index (χ2v) is 5.42. The number of aryl methyl sites for hydroxylation is 1. The number of hydrogen-bond acceptors (Lipinski definition) is 3. The van der Waals surface area contributed by atoms with Gasteiger partial charge in [0.2, 0.25) is 0 Å². The predicted molar refractivity (Wildman–Crippen MR) is 82.5 cm³/mol. The van der Waals surface area contributed by atoms with Crippen LogP contribution in [0.4, 0.5) is 5.69 Å². The van der Waals surface area contributed by atoms with Crippen LogP contribution in [0.1, 0.15) is 56.5 Å². The summed E-state index contributed by atoms with van der Waals surface area (Å²) in [6.45, 7) is 1.49. The Morgan fingerprint density at radius 2 is 1.86 bits per heavy atom. The number of aromatic amines is 1. The van der Waals surface area contributed by atoms with Gasteiger partial charge in [-0.3, -0.25) is 14.4 Å². The van der Waals surface area contributed by atoms with E-state index in [1.165, 1.54) is 6.92 Å². The van der Waals surface area contributed by atoms with Gasteiger partial charge >= 0.3 is 0 Å². The van der Waals surface area contributed by atoms with Gasteiger partial charge in [0, 0.05) is 29.6 Å². The van der Waals surface area contributed by atoms with Gasteiger partial charge in [-0.2, -0.15) is 0 Å². The normalized spacial score (nSPS) is 13.6. The van der Waals surface area contributed by atoms with Crippen LogP contribution in [0.15, 0.2) is 30.5 Å². The van der Waals surface area contributed by atoms with Crippen molar-refractivity contribution in [1.82, 2.24) is 4.98 Å². The van der Waals surface area contributed by atoms with E-state index in [1.54, 1.807) is 30.5 Å². The lowest BCUT2D eigenvalue weighted by Crippen LogP contribution is -2.17. The van der Waals surface area contributed by atoms with Crippen LogP contribution in [-0.4, -0.2) is 22.5 Å². The molecule has 5 nitrogen and oxygen atoms in total. The zero-order valence-corrected chi connectivity index (χ0v) is 12.2. The highest BCUT2D eigenvalue weighted by Gasteiger charge is 2.25. The molecule has 0 fully saturated rings. The first-order valence-corrected chi connectivity index (χ1v) is 7.22. The minimum absolute atomic E-state index is 0.0135. The molecule has 1 heterocycles. The van der Waals surface area contributed by atoms with Crippen LogP contribution in [0.3, 0.4) is 0 Å². The molecule has 1 aliphatic carbocycles. The molecular weight excluding hydrogens is 280 g/mol. The fraction of sp³-hybridized carbons (Fsp3) is 0.235. The Labute approximate surface area is 127 Å². The molecule has 0 radical (unpaired) electrons. The van der Waals surface area contributed by atoms with Gasteiger partial charge in [0.05, 0.1) is 11.1 Å². The van der Waals surface area contributed by atoms with Crippen LogP contribution in [0, 0.1) is 0 Å². The number of anilines is 1. The zero-order valence-electron chi connectivity index (χ0n) is 12.2. The van der Waals surface area contributed by atoms with Crippen molar-refractivity contribution in [2.24, 2.45) is 0 Å². The van der Waals surface area contributed by atoms with Crippen molar-refractivity contribution < 1.29 is 14.4 Å². The molecule has 1 amide bonds. The Bertz CT molecular complexity index is 757. The summed E-state index contributed by atoms with van der Waals surface area (Å²) < 4.78 is 0. The Kier molecular flexibility index (Phi) is 3.63. The predicted octanol–water partition coefficient (Wildman–Crippen LogP) is 2.99. The third-order valence-electron chi connectivity index (χ3n) is 3.87. The zero-order chi connectivity index (χ0) is 15.7. The molecule has 0 bridgehead atoms. The van der Waals surface area contributed by atoms with Crippen molar-refractivity contribution in [1.29, 1.82) is 0 Å². The summed E-state index contributed by atoms with van der Waals surface area (Å²) in [4.78, 5) is 38.6. The van der Waals surface area contributed by atoms with Crippen molar-refractivity contribution in [3.05, 3.63) is 52.8 Å². The van der Waals surface area contributed by atoms with Crippen molar-refractivity contribution in [3.8, 4) is 0 Å². The van der Waals surface area contributed by atoms with E-state index in [1.807, 2.05) is 0 Å². The molecule has 22 heavy (non-hydrogen) atoms. The molecule has 0 saturated heterocycles. The Morgan fingerprint density at radius 1 is 1.14 bits per heavy atom. The van der Waals surface area contributed by atoms with Gasteiger partial charge in [0.1, 0.15) is 0 Å². The maximum absolute atomic E-state index is 12.4. The molecule has 0 saturated carbocycles. The van der Waals surface area contributed by atoms with E-state index >= 15 is 0 Å². The molecule has 3 rings (SSSR count). The lowest BCUT2D eigenvalue weighted by molar-refractivity contribution is 0.0956. The van der Waals surface area contributed by atoms with Gasteiger partial charge in [0.15, 0.2) is 11.6 Å². The molecule has 5 heteroatoms. The number of hydrogen-bond donors (Lipinski definition) is 2. The van der Waals surface area contributed by atoms with Crippen molar-refractivity contribution in [3.63, 3.8) is 0 Å². The summed E-state index contributed by atoms with van der Waals surface area (Å²) in [5.41, 5.74) is 2.92. The molecule has 0 aliphatic heterocycles. The van der Waals surface area contributed by atoms with Gasteiger partial charge in [-0.1, -0.05) is 0 Å². The summed E-state index contributed by atoms with van der Waals surface area (Å²) >= 11 is 0. The van der Waals surface area contributed by atoms with Gasteiger partial charge in [-0.25, -0.2) is 0 Å². The van der Waals surface area contributed by atoms with E-state index in [0.29, 0.717) is 28.8 Å². The summed E-state index contributed by atoms with van der Waals surface area (Å²) in [5, 5.41) is 2.76. The van der Waals surface area contributed by atoms with Crippen molar-refractivity contribution >= 4 is 23.2 Å². The van der Waals surface area contributed by atoms with Crippen LogP contribution in [-0.2, 0) is 6.42 Å². The second-order valence-electron chi connectivity index (χ2n) is 5.42. The van der Waals surface area contributed by atoms with Crippen LogP contribution >= 0.6 is 0 Å². The average Bonchev–Trinajstić information content (AvgIpc) is 2.93. The number of aromatic nitrogens is 1. The summed E-state index contributed by atoms with van der Waals surface area (Å²) in [6, 6.07) is 6.68. The third kappa shape index (κ3) is 2.57. The number of ketones is 2. The first kappa shape index (κ1) is 14.3. The first-order valence-electron chi connectivity index (χ1n) is 7.22. The fourth-order valence-electron chi connectivity index (χ4n) is 2.70. The number of rotatable bonds is 3. The molecule has 0 atom stereocenters. The number of Topliss-reactive ketones (excluding diaryl/α,β-unsaturated/α-hetero) is 2. The molecule has 1 aromatic carbocycles. The van der Waals surface area contributed by atoms with Crippen LogP contribution in [0.5, 0.6) is 0 Å². The number of carbonyl (C=O) groups excluding carboxylic acids is 3. The largest absolute Gasteiger partial charge is 0.364 e. The van der Waals surface area contributed by atoms with Crippen molar-refractivity contribution in [2.45, 2.75) is 26.2 Å². The van der Waals surface area contributed by atoms with Crippen LogP contribution < -0.4 is 5.32 Å². The van der Waals surface area contributed by atoms with E-state index in [2.05, 4.69) is 10.3 Å². The molecule has 2 N–H and O–H groups in total. The second kappa shape index (κ2) is 5.60. The fourth-order valence-corrected chi connectivity index (χ4v) is 2.70. The van der Waals surface area contributed by atoms with E-state index in [-0.39, 0.29) is 17.5 Å². The minimum atomic E-state index is -0.316. The summed E-state index contributed by atoms with van der Waals surface area (Å²) in [6.07, 6.45) is 3.69. The monoisotopic (exact) mass is 296 g/mol. The Morgan fingerprint density at radius 3 is 2.55 bits per heavy atom. The molecule has 1 aliphatic rings. The van der Waals surface area contributed by atoms with E-state index < -0.39 is 0 Å². The number of amides is 1. The van der Waals surface area contributed by atoms with Gasteiger partial charge in [-0.05, 0) is 44.0 Å². The number of fused-ring (bicyclic) bond motifs is 1. The SMILES string of the molecule is CC(=O)c1ccc(NC(=O)c2c[nH]c3c2C(=O)CCC3)cc1. The molecule has 2 aromatic rings. The molecule has 0 spiro atoms. The quantitative estimate of drug-likeness (QED) is 0.855. The number of nitrogens with one attached hydrogen (secondary N) is 2. The lowest BCUT2D eigenvalue weighted by Gasteiger charge is -2.12. The highest BCUT2D eigenvalue weighted by Crippen LogP contribution is 2.24. The average molecular weight is 296 g/mol. The van der Waals surface area contributed by atoms with Crippen LogP contribution in [0.2, 0.25) is 0 Å². The Hall–Kier alpha value is -2.69. The molecule has 1 aromatic heterocycles. The number of H-pyrrole nitrogens is 1. The minimum Gasteiger partial charge on any atom is -0.364 e. The summed E-state index contributed by atoms with van der Waals surface area (Å²) in [5.74, 6) is -0.328. The molecule has 0 unspecified atom stereocenters. The number of benzene rings is 1. The smallest absolute Gasteiger partial charge is 0.257 e. The topological polar surface area (TPSA) is 79.0 Å². The highest BCUT2D eigenvalue weighted by atomic mass is 16.2. The highest BCUT2D eigenvalue weighted by molar-refractivity contribution is 6.13. The maximum Gasteiger partial charge on any atom is 0.257 e.